The molecule has 22 heavy (non-hydrogen) atoms. The fourth-order valence-electron chi connectivity index (χ4n) is 2.27. The van der Waals surface area contributed by atoms with Crippen molar-refractivity contribution in [2.45, 2.75) is 46.6 Å². The molecule has 2 nitrogen and oxygen atoms in total. The van der Waals surface area contributed by atoms with Crippen LogP contribution in [-0.2, 0) is 15.1 Å². The van der Waals surface area contributed by atoms with Crippen molar-refractivity contribution >= 4 is 32.7 Å². The van der Waals surface area contributed by atoms with E-state index in [2.05, 4.69) is 34.1 Å². The Morgan fingerprint density at radius 1 is 1.09 bits per heavy atom. The van der Waals surface area contributed by atoms with Gasteiger partial charge in [0.15, 0.2) is 0 Å². The zero-order chi connectivity index (χ0) is 16.5. The molecule has 0 atom stereocenters. The molecule has 0 aliphatic rings. The van der Waals surface area contributed by atoms with Crippen molar-refractivity contribution in [1.29, 1.82) is 0 Å². The monoisotopic (exact) mass is 362 g/mol. The highest BCUT2D eigenvalue weighted by Crippen LogP contribution is 2.37. The molecular weight excluding hydrogens is 340 g/mol. The molecule has 2 rings (SSSR count). The third kappa shape index (κ3) is 3.19. The number of rotatable bonds is 4. The first kappa shape index (κ1) is 17.0. The molecule has 0 spiro atoms. The highest BCUT2D eigenvalue weighted by Gasteiger charge is 2.34. The number of esters is 1. The lowest BCUT2D eigenvalue weighted by Crippen LogP contribution is -2.34. The Labute approximate surface area is 141 Å². The standard InChI is InChI=1S/C19H23BrO2/c1-6-18(2,3)17(21)22-19(4,5)15-12-11-13-9-7-8-10-14(13)16(15)20/h7-12H,6H2,1-5H3. The van der Waals surface area contributed by atoms with Gasteiger partial charge in [0.25, 0.3) is 0 Å². The third-order valence-corrected chi connectivity index (χ3v) is 5.15. The molecule has 3 heteroatoms. The molecule has 0 N–H and O–H groups in total. The first-order valence-electron chi connectivity index (χ1n) is 7.60. The summed E-state index contributed by atoms with van der Waals surface area (Å²) >= 11 is 3.68. The number of carbonyl (C=O) groups is 1. The van der Waals surface area contributed by atoms with E-state index in [-0.39, 0.29) is 5.97 Å². The Balaban J connectivity index is 2.41. The van der Waals surface area contributed by atoms with Crippen LogP contribution in [-0.4, -0.2) is 5.97 Å². The van der Waals surface area contributed by atoms with Crippen LogP contribution in [0.3, 0.4) is 0 Å². The minimum atomic E-state index is -0.688. The normalized spacial score (nSPS) is 12.5. The van der Waals surface area contributed by atoms with E-state index in [9.17, 15) is 4.79 Å². The Kier molecular flexibility index (Phi) is 4.67. The fraction of sp³-hybridized carbons (Fsp3) is 0.421. The van der Waals surface area contributed by atoms with Gasteiger partial charge in [0, 0.05) is 10.0 Å². The third-order valence-electron chi connectivity index (χ3n) is 4.30. The van der Waals surface area contributed by atoms with E-state index in [1.165, 1.54) is 0 Å². The van der Waals surface area contributed by atoms with Gasteiger partial charge in [-0.2, -0.15) is 0 Å². The minimum Gasteiger partial charge on any atom is -0.454 e. The van der Waals surface area contributed by atoms with E-state index in [1.54, 1.807) is 0 Å². The molecule has 2 aromatic rings. The Hall–Kier alpha value is -1.35. The van der Waals surface area contributed by atoms with E-state index in [1.807, 2.05) is 52.8 Å². The first-order valence-corrected chi connectivity index (χ1v) is 8.39. The van der Waals surface area contributed by atoms with E-state index >= 15 is 0 Å². The molecular formula is C19H23BrO2. The smallest absolute Gasteiger partial charge is 0.312 e. The molecule has 2 aromatic carbocycles. The molecule has 0 bridgehead atoms. The number of ether oxygens (including phenoxy) is 1. The van der Waals surface area contributed by atoms with E-state index < -0.39 is 11.0 Å². The van der Waals surface area contributed by atoms with Crippen LogP contribution < -0.4 is 0 Å². The predicted octanol–water partition coefficient (Wildman–Crippen LogP) is 5.82. The van der Waals surface area contributed by atoms with Gasteiger partial charge < -0.3 is 4.74 Å². The summed E-state index contributed by atoms with van der Waals surface area (Å²) in [6, 6.07) is 12.3. The maximum atomic E-state index is 12.4. The summed E-state index contributed by atoms with van der Waals surface area (Å²) in [5.74, 6) is -0.167. The van der Waals surface area contributed by atoms with E-state index in [0.717, 1.165) is 27.2 Å². The van der Waals surface area contributed by atoms with Crippen molar-refractivity contribution in [3.8, 4) is 0 Å². The maximum absolute atomic E-state index is 12.4. The number of hydrogen-bond acceptors (Lipinski definition) is 2. The summed E-state index contributed by atoms with van der Waals surface area (Å²) in [6.45, 7) is 9.71. The molecule has 0 aromatic heterocycles. The second kappa shape index (κ2) is 6.04. The topological polar surface area (TPSA) is 26.3 Å². The van der Waals surface area contributed by atoms with Crippen LogP contribution in [0.5, 0.6) is 0 Å². The number of fused-ring (bicyclic) bond motifs is 1. The number of benzene rings is 2. The molecule has 0 saturated heterocycles. The SMILES string of the molecule is CCC(C)(C)C(=O)OC(C)(C)c1ccc2ccccc2c1Br. The van der Waals surface area contributed by atoms with Crippen molar-refractivity contribution in [3.05, 3.63) is 46.4 Å². The Bertz CT molecular complexity index is 702. The number of halogens is 1. The van der Waals surface area contributed by atoms with Crippen LogP contribution in [0.4, 0.5) is 0 Å². The summed E-state index contributed by atoms with van der Waals surface area (Å²) in [4.78, 5) is 12.4. The van der Waals surface area contributed by atoms with Crippen molar-refractivity contribution < 1.29 is 9.53 Å². The van der Waals surface area contributed by atoms with Crippen LogP contribution in [0.15, 0.2) is 40.9 Å². The molecule has 0 aliphatic heterocycles. The zero-order valence-corrected chi connectivity index (χ0v) is 15.5. The molecule has 0 fully saturated rings. The van der Waals surface area contributed by atoms with Gasteiger partial charge in [-0.1, -0.05) is 43.3 Å². The van der Waals surface area contributed by atoms with E-state index in [0.29, 0.717) is 0 Å². The van der Waals surface area contributed by atoms with Crippen LogP contribution in [0.25, 0.3) is 10.8 Å². The minimum absolute atomic E-state index is 0.167. The predicted molar refractivity (Wildman–Crippen MR) is 94.8 cm³/mol. The summed E-state index contributed by atoms with van der Waals surface area (Å²) in [5, 5.41) is 2.29. The van der Waals surface area contributed by atoms with Gasteiger partial charge in [-0.15, -0.1) is 0 Å². The Morgan fingerprint density at radius 2 is 1.73 bits per heavy atom. The first-order chi connectivity index (χ1) is 10.2. The van der Waals surface area contributed by atoms with E-state index in [4.69, 9.17) is 4.74 Å². The average molecular weight is 363 g/mol. The molecule has 0 heterocycles. The lowest BCUT2D eigenvalue weighted by molar-refractivity contribution is -0.168. The van der Waals surface area contributed by atoms with Gasteiger partial charge >= 0.3 is 5.97 Å². The van der Waals surface area contributed by atoms with Gasteiger partial charge in [0.1, 0.15) is 5.60 Å². The highest BCUT2D eigenvalue weighted by molar-refractivity contribution is 9.10. The van der Waals surface area contributed by atoms with Gasteiger partial charge in [-0.05, 0) is 60.8 Å². The maximum Gasteiger partial charge on any atom is 0.312 e. The highest BCUT2D eigenvalue weighted by atomic mass is 79.9. The van der Waals surface area contributed by atoms with Crippen LogP contribution in [0, 0.1) is 5.41 Å². The lowest BCUT2D eigenvalue weighted by Gasteiger charge is -2.31. The second-order valence-corrected chi connectivity index (χ2v) is 7.58. The van der Waals surface area contributed by atoms with Crippen LogP contribution in [0.2, 0.25) is 0 Å². The van der Waals surface area contributed by atoms with Crippen molar-refractivity contribution in [2.75, 3.05) is 0 Å². The average Bonchev–Trinajstić information content (AvgIpc) is 2.47. The molecule has 0 radical (unpaired) electrons. The van der Waals surface area contributed by atoms with Crippen molar-refractivity contribution in [3.63, 3.8) is 0 Å². The quantitative estimate of drug-likeness (QED) is 0.640. The second-order valence-electron chi connectivity index (χ2n) is 6.79. The van der Waals surface area contributed by atoms with Gasteiger partial charge in [0.05, 0.1) is 5.41 Å². The lowest BCUT2D eigenvalue weighted by atomic mass is 9.89. The molecule has 118 valence electrons. The Morgan fingerprint density at radius 3 is 2.36 bits per heavy atom. The summed E-state index contributed by atoms with van der Waals surface area (Å²) < 4.78 is 6.82. The van der Waals surface area contributed by atoms with Gasteiger partial charge in [-0.25, -0.2) is 0 Å². The summed E-state index contributed by atoms with van der Waals surface area (Å²) in [6.07, 6.45) is 0.751. The molecule has 0 aliphatic carbocycles. The van der Waals surface area contributed by atoms with Crippen LogP contribution >= 0.6 is 15.9 Å². The molecule has 0 saturated carbocycles. The largest absolute Gasteiger partial charge is 0.454 e. The van der Waals surface area contributed by atoms with Gasteiger partial charge in [-0.3, -0.25) is 4.79 Å². The van der Waals surface area contributed by atoms with Gasteiger partial charge in [0.2, 0.25) is 0 Å². The molecule has 0 amide bonds. The number of hydrogen-bond donors (Lipinski definition) is 0. The summed E-state index contributed by atoms with van der Waals surface area (Å²) in [7, 11) is 0. The van der Waals surface area contributed by atoms with Crippen LogP contribution in [0.1, 0.15) is 46.6 Å². The zero-order valence-electron chi connectivity index (χ0n) is 13.9. The molecule has 0 unspecified atom stereocenters. The van der Waals surface area contributed by atoms with Crippen molar-refractivity contribution in [2.24, 2.45) is 5.41 Å². The number of carbonyl (C=O) groups excluding carboxylic acids is 1. The fourth-order valence-corrected chi connectivity index (χ4v) is 3.24. The van der Waals surface area contributed by atoms with Crippen molar-refractivity contribution in [1.82, 2.24) is 0 Å². The summed E-state index contributed by atoms with van der Waals surface area (Å²) in [5.41, 5.74) is -0.182.